The van der Waals surface area contributed by atoms with E-state index >= 15 is 0 Å². The number of anilines is 1. The van der Waals surface area contributed by atoms with Gasteiger partial charge in [0.2, 0.25) is 0 Å². The second kappa shape index (κ2) is 6.89. The fraction of sp³-hybridized carbons (Fsp3) is 0.250. The highest BCUT2D eigenvalue weighted by atomic mass is 16.3. The van der Waals surface area contributed by atoms with Crippen LogP contribution in [0.2, 0.25) is 0 Å². The molecule has 2 aromatic carbocycles. The highest BCUT2D eigenvalue weighted by molar-refractivity contribution is 5.47. The van der Waals surface area contributed by atoms with Crippen LogP contribution in [0.3, 0.4) is 0 Å². The van der Waals surface area contributed by atoms with Gasteiger partial charge in [-0.2, -0.15) is 0 Å². The molecular formula is C20H23N3O. The van der Waals surface area contributed by atoms with Crippen molar-refractivity contribution in [2.75, 3.05) is 19.0 Å². The molecule has 1 aromatic heterocycles. The number of imidazole rings is 1. The molecule has 0 amide bonds. The summed E-state index contributed by atoms with van der Waals surface area (Å²) in [5.41, 5.74) is 3.98. The number of hydrogen-bond acceptors (Lipinski definition) is 3. The van der Waals surface area contributed by atoms with Crippen molar-refractivity contribution >= 4 is 5.69 Å². The van der Waals surface area contributed by atoms with Crippen molar-refractivity contribution < 1.29 is 5.11 Å². The fourth-order valence-corrected chi connectivity index (χ4v) is 2.80. The number of aliphatic hydroxyl groups excluding tert-OH is 1. The Balaban J connectivity index is 1.89. The summed E-state index contributed by atoms with van der Waals surface area (Å²) in [5, 5.41) is 10.8. The minimum Gasteiger partial charge on any atom is -0.382 e. The number of benzene rings is 2. The molecule has 0 unspecified atom stereocenters. The molecule has 0 aliphatic carbocycles. The summed E-state index contributed by atoms with van der Waals surface area (Å²) < 4.78 is 2.07. The van der Waals surface area contributed by atoms with Crippen LogP contribution in [0, 0.1) is 6.92 Å². The number of aryl methyl sites for hydroxylation is 1. The first-order valence-electron chi connectivity index (χ1n) is 8.07. The molecule has 0 aliphatic heterocycles. The van der Waals surface area contributed by atoms with Gasteiger partial charge in [-0.25, -0.2) is 4.98 Å². The smallest absolute Gasteiger partial charge is 0.121 e. The maximum absolute atomic E-state index is 10.8. The highest BCUT2D eigenvalue weighted by Crippen LogP contribution is 2.25. The van der Waals surface area contributed by atoms with Gasteiger partial charge in [0.1, 0.15) is 11.9 Å². The standard InChI is InChI=1S/C20H23N3O/c1-15-21-13-19(23(15)14-16-7-5-4-6-8-16)20(24)17-9-11-18(12-10-17)22(2)3/h4-13,20,24H,14H2,1-3H3/t20-/m0/s1. The van der Waals surface area contributed by atoms with Gasteiger partial charge < -0.3 is 14.6 Å². The van der Waals surface area contributed by atoms with Gasteiger partial charge in [-0.15, -0.1) is 0 Å². The van der Waals surface area contributed by atoms with Crippen molar-refractivity contribution in [3.8, 4) is 0 Å². The molecular weight excluding hydrogens is 298 g/mol. The van der Waals surface area contributed by atoms with E-state index in [0.29, 0.717) is 6.54 Å². The van der Waals surface area contributed by atoms with Crippen molar-refractivity contribution in [2.24, 2.45) is 0 Å². The fourth-order valence-electron chi connectivity index (χ4n) is 2.80. The first-order valence-corrected chi connectivity index (χ1v) is 8.07. The summed E-state index contributed by atoms with van der Waals surface area (Å²) in [6, 6.07) is 18.2. The molecule has 1 heterocycles. The van der Waals surface area contributed by atoms with E-state index in [9.17, 15) is 5.11 Å². The van der Waals surface area contributed by atoms with Crippen LogP contribution in [-0.4, -0.2) is 28.8 Å². The zero-order valence-electron chi connectivity index (χ0n) is 14.3. The van der Waals surface area contributed by atoms with Crippen molar-refractivity contribution in [1.82, 2.24) is 9.55 Å². The lowest BCUT2D eigenvalue weighted by Crippen LogP contribution is -2.12. The second-order valence-corrected chi connectivity index (χ2v) is 6.19. The Kier molecular flexibility index (Phi) is 4.67. The van der Waals surface area contributed by atoms with Crippen LogP contribution in [0.4, 0.5) is 5.69 Å². The largest absolute Gasteiger partial charge is 0.382 e. The van der Waals surface area contributed by atoms with Gasteiger partial charge in [0.25, 0.3) is 0 Å². The first-order chi connectivity index (χ1) is 11.6. The predicted molar refractivity (Wildman–Crippen MR) is 97.3 cm³/mol. The maximum Gasteiger partial charge on any atom is 0.121 e. The van der Waals surface area contributed by atoms with Crippen LogP contribution in [0.15, 0.2) is 60.8 Å². The molecule has 4 nitrogen and oxygen atoms in total. The van der Waals surface area contributed by atoms with Crippen molar-refractivity contribution in [3.63, 3.8) is 0 Å². The van der Waals surface area contributed by atoms with Crippen LogP contribution in [-0.2, 0) is 6.54 Å². The van der Waals surface area contributed by atoms with E-state index < -0.39 is 6.10 Å². The Hall–Kier alpha value is -2.59. The molecule has 0 fully saturated rings. The molecule has 3 aromatic rings. The Morgan fingerprint density at radius 1 is 1.04 bits per heavy atom. The van der Waals surface area contributed by atoms with Gasteiger partial charge >= 0.3 is 0 Å². The third kappa shape index (κ3) is 3.34. The maximum atomic E-state index is 10.8. The van der Waals surface area contributed by atoms with E-state index in [-0.39, 0.29) is 0 Å². The van der Waals surface area contributed by atoms with E-state index in [2.05, 4.69) is 21.7 Å². The molecule has 0 saturated carbocycles. The zero-order valence-corrected chi connectivity index (χ0v) is 14.3. The second-order valence-electron chi connectivity index (χ2n) is 6.19. The minimum absolute atomic E-state index is 0.689. The van der Waals surface area contributed by atoms with E-state index in [1.165, 1.54) is 5.56 Å². The van der Waals surface area contributed by atoms with E-state index in [4.69, 9.17) is 0 Å². The number of aromatic nitrogens is 2. The average Bonchev–Trinajstić information content (AvgIpc) is 2.96. The Morgan fingerprint density at radius 2 is 1.71 bits per heavy atom. The SMILES string of the molecule is Cc1ncc([C@@H](O)c2ccc(N(C)C)cc2)n1Cc1ccccc1. The number of hydrogen-bond donors (Lipinski definition) is 1. The number of rotatable bonds is 5. The van der Waals surface area contributed by atoms with Gasteiger partial charge in [0.15, 0.2) is 0 Å². The van der Waals surface area contributed by atoms with Crippen LogP contribution in [0.25, 0.3) is 0 Å². The third-order valence-electron chi connectivity index (χ3n) is 4.27. The van der Waals surface area contributed by atoms with Crippen LogP contribution in [0.5, 0.6) is 0 Å². The van der Waals surface area contributed by atoms with E-state index in [0.717, 1.165) is 22.8 Å². The van der Waals surface area contributed by atoms with E-state index in [1.807, 2.05) is 68.4 Å². The molecule has 0 radical (unpaired) electrons. The van der Waals surface area contributed by atoms with Gasteiger partial charge in [0, 0.05) is 26.3 Å². The number of aliphatic hydroxyl groups is 1. The van der Waals surface area contributed by atoms with Gasteiger partial charge in [0.05, 0.1) is 11.9 Å². The normalized spacial score (nSPS) is 12.2. The summed E-state index contributed by atoms with van der Waals surface area (Å²) in [6.07, 6.45) is 1.08. The molecule has 0 bridgehead atoms. The monoisotopic (exact) mass is 321 g/mol. The van der Waals surface area contributed by atoms with Crippen molar-refractivity contribution in [1.29, 1.82) is 0 Å². The molecule has 0 spiro atoms. The van der Waals surface area contributed by atoms with Crippen molar-refractivity contribution in [2.45, 2.75) is 19.6 Å². The summed E-state index contributed by atoms with van der Waals surface area (Å²) in [7, 11) is 4.01. The van der Waals surface area contributed by atoms with Crippen LogP contribution in [0.1, 0.15) is 28.7 Å². The quantitative estimate of drug-likeness (QED) is 0.783. The summed E-state index contributed by atoms with van der Waals surface area (Å²) >= 11 is 0. The van der Waals surface area contributed by atoms with E-state index in [1.54, 1.807) is 6.20 Å². The van der Waals surface area contributed by atoms with Gasteiger partial charge in [-0.1, -0.05) is 42.5 Å². The summed E-state index contributed by atoms with van der Waals surface area (Å²) in [6.45, 7) is 2.67. The predicted octanol–water partition coefficient (Wildman–Crippen LogP) is 3.39. The molecule has 24 heavy (non-hydrogen) atoms. The Morgan fingerprint density at radius 3 is 2.33 bits per heavy atom. The lowest BCUT2D eigenvalue weighted by atomic mass is 10.1. The molecule has 4 heteroatoms. The molecule has 1 N–H and O–H groups in total. The molecule has 0 aliphatic rings. The molecule has 0 saturated heterocycles. The van der Waals surface area contributed by atoms with Crippen LogP contribution < -0.4 is 4.90 Å². The van der Waals surface area contributed by atoms with Gasteiger partial charge in [-0.05, 0) is 30.2 Å². The van der Waals surface area contributed by atoms with Crippen molar-refractivity contribution in [3.05, 3.63) is 83.4 Å². The Labute approximate surface area is 143 Å². The summed E-state index contributed by atoms with van der Waals surface area (Å²) in [5.74, 6) is 0.901. The lowest BCUT2D eigenvalue weighted by Gasteiger charge is -2.17. The van der Waals surface area contributed by atoms with Crippen LogP contribution >= 0.6 is 0 Å². The lowest BCUT2D eigenvalue weighted by molar-refractivity contribution is 0.210. The average molecular weight is 321 g/mol. The highest BCUT2D eigenvalue weighted by Gasteiger charge is 2.17. The molecule has 3 rings (SSSR count). The first kappa shape index (κ1) is 16.3. The Bertz CT molecular complexity index is 792. The van der Waals surface area contributed by atoms with Gasteiger partial charge in [-0.3, -0.25) is 0 Å². The number of nitrogens with zero attached hydrogens (tertiary/aromatic N) is 3. The zero-order chi connectivity index (χ0) is 17.1. The third-order valence-corrected chi connectivity index (χ3v) is 4.27. The molecule has 124 valence electrons. The molecule has 1 atom stereocenters. The topological polar surface area (TPSA) is 41.3 Å². The summed E-state index contributed by atoms with van der Waals surface area (Å²) in [4.78, 5) is 6.44. The minimum atomic E-state index is -0.689.